The van der Waals surface area contributed by atoms with Crippen LogP contribution in [0.2, 0.25) is 0 Å². The van der Waals surface area contributed by atoms with Crippen molar-refractivity contribution >= 4 is 6.08 Å². The van der Waals surface area contributed by atoms with E-state index in [1.165, 1.54) is 12.1 Å². The third-order valence-corrected chi connectivity index (χ3v) is 2.41. The lowest BCUT2D eigenvalue weighted by atomic mass is 10.2. The predicted octanol–water partition coefficient (Wildman–Crippen LogP) is 1.56. The first-order valence-electron chi connectivity index (χ1n) is 5.10. The molecule has 0 amide bonds. The Hall–Kier alpha value is -1.12. The summed E-state index contributed by atoms with van der Waals surface area (Å²) >= 11 is 0. The van der Waals surface area contributed by atoms with Gasteiger partial charge in [-0.2, -0.15) is 0 Å². The smallest absolute Gasteiger partial charge is 0.0484 e. The second-order valence-corrected chi connectivity index (χ2v) is 3.55. The summed E-state index contributed by atoms with van der Waals surface area (Å²) in [4.78, 5) is 2.39. The van der Waals surface area contributed by atoms with E-state index < -0.39 is 0 Å². The molecule has 0 atom stereocenters. The van der Waals surface area contributed by atoms with Crippen molar-refractivity contribution in [2.75, 3.05) is 26.3 Å². The number of benzene rings is 1. The molecule has 0 unspecified atom stereocenters. The second-order valence-electron chi connectivity index (χ2n) is 3.55. The maximum Gasteiger partial charge on any atom is 0.0484 e. The maximum atomic E-state index is 3.31. The minimum Gasteiger partial charge on any atom is -0.303 e. The number of nitrogens with zero attached hydrogens (tertiary/aromatic N) is 1. The van der Waals surface area contributed by atoms with Gasteiger partial charge in [0.1, 0.15) is 0 Å². The van der Waals surface area contributed by atoms with Gasteiger partial charge in [0, 0.05) is 26.3 Å². The van der Waals surface area contributed by atoms with Crippen LogP contribution in [0.15, 0.2) is 36.4 Å². The molecule has 0 aliphatic carbocycles. The van der Waals surface area contributed by atoms with Crippen molar-refractivity contribution < 1.29 is 0 Å². The average molecular weight is 188 g/mol. The average Bonchev–Trinajstić information content (AvgIpc) is 2.72. The number of hydrogen-bond acceptors (Lipinski definition) is 2. The van der Waals surface area contributed by atoms with Gasteiger partial charge in [-0.05, 0) is 5.56 Å². The monoisotopic (exact) mass is 188 g/mol. The van der Waals surface area contributed by atoms with Gasteiger partial charge >= 0.3 is 0 Å². The van der Waals surface area contributed by atoms with Crippen LogP contribution in [0.3, 0.4) is 0 Å². The van der Waals surface area contributed by atoms with Gasteiger partial charge in [-0.3, -0.25) is 4.90 Å². The van der Waals surface area contributed by atoms with Crippen LogP contribution in [0.25, 0.3) is 6.08 Å². The summed E-state index contributed by atoms with van der Waals surface area (Å²) in [6.07, 6.45) is 4.40. The summed E-state index contributed by atoms with van der Waals surface area (Å²) < 4.78 is 0. The van der Waals surface area contributed by atoms with Crippen molar-refractivity contribution in [1.29, 1.82) is 0 Å². The van der Waals surface area contributed by atoms with Crippen molar-refractivity contribution in [3.8, 4) is 0 Å². The SMILES string of the molecule is C(=C\c1ccccc1)/CN1CCNC1. The van der Waals surface area contributed by atoms with Crippen LogP contribution < -0.4 is 5.32 Å². The Kier molecular flexibility index (Phi) is 3.33. The molecule has 0 radical (unpaired) electrons. The normalized spacial score (nSPS) is 18.0. The third-order valence-electron chi connectivity index (χ3n) is 2.41. The van der Waals surface area contributed by atoms with Crippen LogP contribution in [0.1, 0.15) is 5.56 Å². The van der Waals surface area contributed by atoms with E-state index in [-0.39, 0.29) is 0 Å². The molecule has 1 N–H and O–H groups in total. The molecule has 2 rings (SSSR count). The van der Waals surface area contributed by atoms with E-state index in [1.54, 1.807) is 0 Å². The molecule has 1 saturated heterocycles. The zero-order valence-electron chi connectivity index (χ0n) is 8.32. The van der Waals surface area contributed by atoms with Crippen LogP contribution in [0.4, 0.5) is 0 Å². The van der Waals surface area contributed by atoms with E-state index in [0.29, 0.717) is 0 Å². The lowest BCUT2D eigenvalue weighted by Gasteiger charge is -2.09. The molecule has 0 spiro atoms. The molecule has 1 aliphatic rings. The lowest BCUT2D eigenvalue weighted by Crippen LogP contribution is -2.21. The Morgan fingerprint density at radius 3 is 2.86 bits per heavy atom. The van der Waals surface area contributed by atoms with Crippen molar-refractivity contribution in [1.82, 2.24) is 10.2 Å². The Bertz CT molecular complexity index is 286. The fraction of sp³-hybridized carbons (Fsp3) is 0.333. The van der Waals surface area contributed by atoms with Crippen molar-refractivity contribution in [3.05, 3.63) is 42.0 Å². The topological polar surface area (TPSA) is 15.3 Å². The van der Waals surface area contributed by atoms with E-state index >= 15 is 0 Å². The number of nitrogens with one attached hydrogen (secondary N) is 1. The van der Waals surface area contributed by atoms with Gasteiger partial charge in [-0.1, -0.05) is 42.5 Å². The fourth-order valence-electron chi connectivity index (χ4n) is 1.61. The highest BCUT2D eigenvalue weighted by molar-refractivity contribution is 5.48. The van der Waals surface area contributed by atoms with Crippen LogP contribution in [-0.4, -0.2) is 31.2 Å². The van der Waals surface area contributed by atoms with Gasteiger partial charge in [0.15, 0.2) is 0 Å². The van der Waals surface area contributed by atoms with Crippen LogP contribution in [-0.2, 0) is 0 Å². The number of hydrogen-bond donors (Lipinski definition) is 1. The first kappa shape index (κ1) is 9.44. The Morgan fingerprint density at radius 2 is 2.14 bits per heavy atom. The molecule has 1 fully saturated rings. The molecular weight excluding hydrogens is 172 g/mol. The van der Waals surface area contributed by atoms with Gasteiger partial charge in [0.25, 0.3) is 0 Å². The highest BCUT2D eigenvalue weighted by Gasteiger charge is 2.07. The molecule has 1 aromatic rings. The first-order chi connectivity index (χ1) is 6.95. The van der Waals surface area contributed by atoms with Crippen molar-refractivity contribution in [2.24, 2.45) is 0 Å². The summed E-state index contributed by atoms with van der Waals surface area (Å²) in [5.41, 5.74) is 1.28. The Morgan fingerprint density at radius 1 is 1.29 bits per heavy atom. The molecule has 0 bridgehead atoms. The quantitative estimate of drug-likeness (QED) is 0.774. The highest BCUT2D eigenvalue weighted by Crippen LogP contribution is 2.01. The summed E-state index contributed by atoms with van der Waals surface area (Å²) in [5.74, 6) is 0. The third kappa shape index (κ3) is 2.69. The van der Waals surface area contributed by atoms with E-state index in [0.717, 1.165) is 19.8 Å². The molecule has 1 aromatic carbocycles. The molecular formula is C12H16N2. The van der Waals surface area contributed by atoms with Gasteiger partial charge in [0.05, 0.1) is 0 Å². The molecule has 0 saturated carbocycles. The van der Waals surface area contributed by atoms with Crippen LogP contribution in [0.5, 0.6) is 0 Å². The summed E-state index contributed by atoms with van der Waals surface area (Å²) in [6, 6.07) is 10.4. The standard InChI is InChI=1S/C12H16N2/c1-2-5-12(6-3-1)7-4-9-14-10-8-13-11-14/h1-7,13H,8-11H2/b7-4+. The zero-order chi connectivity index (χ0) is 9.64. The fourth-order valence-corrected chi connectivity index (χ4v) is 1.61. The van der Waals surface area contributed by atoms with E-state index in [4.69, 9.17) is 0 Å². The molecule has 74 valence electrons. The molecule has 0 aromatic heterocycles. The van der Waals surface area contributed by atoms with Crippen LogP contribution in [0, 0.1) is 0 Å². The minimum atomic E-state index is 1.03. The van der Waals surface area contributed by atoms with Gasteiger partial charge in [-0.15, -0.1) is 0 Å². The maximum absolute atomic E-state index is 3.31. The van der Waals surface area contributed by atoms with Gasteiger partial charge < -0.3 is 5.32 Å². The van der Waals surface area contributed by atoms with Gasteiger partial charge in [0.2, 0.25) is 0 Å². The molecule has 2 heteroatoms. The van der Waals surface area contributed by atoms with E-state index in [9.17, 15) is 0 Å². The minimum absolute atomic E-state index is 1.03. The first-order valence-corrected chi connectivity index (χ1v) is 5.10. The van der Waals surface area contributed by atoms with E-state index in [1.807, 2.05) is 6.07 Å². The molecule has 2 nitrogen and oxygen atoms in total. The zero-order valence-corrected chi connectivity index (χ0v) is 8.32. The predicted molar refractivity (Wildman–Crippen MR) is 59.9 cm³/mol. The highest BCUT2D eigenvalue weighted by atomic mass is 15.3. The summed E-state index contributed by atoms with van der Waals surface area (Å²) in [6.45, 7) is 4.36. The summed E-state index contributed by atoms with van der Waals surface area (Å²) in [5, 5.41) is 3.31. The summed E-state index contributed by atoms with van der Waals surface area (Å²) in [7, 11) is 0. The van der Waals surface area contributed by atoms with Gasteiger partial charge in [-0.25, -0.2) is 0 Å². The molecule has 1 aliphatic heterocycles. The van der Waals surface area contributed by atoms with Crippen LogP contribution >= 0.6 is 0 Å². The lowest BCUT2D eigenvalue weighted by molar-refractivity contribution is 0.373. The second kappa shape index (κ2) is 4.94. The Balaban J connectivity index is 1.82. The van der Waals surface area contributed by atoms with E-state index in [2.05, 4.69) is 46.6 Å². The molecule has 14 heavy (non-hydrogen) atoms. The Labute approximate surface area is 85.2 Å². The number of rotatable bonds is 3. The molecule has 1 heterocycles. The largest absolute Gasteiger partial charge is 0.303 e. The van der Waals surface area contributed by atoms with Crippen molar-refractivity contribution in [2.45, 2.75) is 0 Å². The van der Waals surface area contributed by atoms with Crippen molar-refractivity contribution in [3.63, 3.8) is 0 Å².